The molecule has 0 unspecified atom stereocenters. The molecule has 0 saturated carbocycles. The van der Waals surface area contributed by atoms with Crippen molar-refractivity contribution < 1.29 is 0 Å². The van der Waals surface area contributed by atoms with Gasteiger partial charge in [-0.2, -0.15) is 5.26 Å². The molecule has 0 aliphatic heterocycles. The molecule has 0 aliphatic carbocycles. The van der Waals surface area contributed by atoms with Gasteiger partial charge < -0.3 is 4.57 Å². The average molecular weight is 664 g/mol. The van der Waals surface area contributed by atoms with Crippen LogP contribution in [0.25, 0.3) is 88.8 Å². The highest BCUT2D eigenvalue weighted by Crippen LogP contribution is 2.42. The molecule has 0 aliphatic rings. The van der Waals surface area contributed by atoms with Crippen LogP contribution in [0.1, 0.15) is 5.56 Å². The molecule has 0 radical (unpaired) electrons. The Labute approximate surface area is 299 Å². The molecule has 0 amide bonds. The van der Waals surface area contributed by atoms with E-state index in [1.54, 1.807) is 0 Å². The Hall–Kier alpha value is -7.29. The van der Waals surface area contributed by atoms with Gasteiger partial charge >= 0.3 is 0 Å². The van der Waals surface area contributed by atoms with Gasteiger partial charge in [-0.05, 0) is 77.9 Å². The number of pyridine rings is 2. The molecule has 0 spiro atoms. The molecule has 0 atom stereocenters. The molecule has 0 bridgehead atoms. The summed E-state index contributed by atoms with van der Waals surface area (Å²) in [5.74, 6) is 0. The van der Waals surface area contributed by atoms with E-state index in [4.69, 9.17) is 9.97 Å². The van der Waals surface area contributed by atoms with Gasteiger partial charge in [-0.25, -0.2) is 9.97 Å². The summed E-state index contributed by atoms with van der Waals surface area (Å²) in [4.78, 5) is 10.1. The Morgan fingerprint density at radius 3 is 2.00 bits per heavy atom. The van der Waals surface area contributed by atoms with Crippen molar-refractivity contribution in [3.8, 4) is 51.1 Å². The normalized spacial score (nSPS) is 11.4. The van der Waals surface area contributed by atoms with Crippen LogP contribution in [-0.4, -0.2) is 19.1 Å². The van der Waals surface area contributed by atoms with Gasteiger partial charge in [0.15, 0.2) is 0 Å². The SMILES string of the molecule is N#Cc1ccccc1-c1cc(-c2ccccc2)cc(-c2ccc(-n3c4ncccc4c4ccc5c(c6ccccc6n5-c5ccccc5)c43)cc2)n1. The molecule has 4 heterocycles. The smallest absolute Gasteiger partial charge is 0.145 e. The number of hydrogen-bond acceptors (Lipinski definition) is 3. The first-order valence-electron chi connectivity index (χ1n) is 17.3. The van der Waals surface area contributed by atoms with Crippen LogP contribution in [0.4, 0.5) is 0 Å². The Morgan fingerprint density at radius 1 is 0.481 bits per heavy atom. The van der Waals surface area contributed by atoms with E-state index in [2.05, 4.69) is 137 Å². The highest BCUT2D eigenvalue weighted by Gasteiger charge is 2.21. The number of para-hydroxylation sites is 2. The molecule has 0 N–H and O–H groups in total. The molecule has 10 aromatic rings. The Bertz CT molecular complexity index is 3000. The number of rotatable bonds is 5. The van der Waals surface area contributed by atoms with E-state index in [1.165, 1.54) is 10.8 Å². The van der Waals surface area contributed by atoms with Crippen molar-refractivity contribution in [2.45, 2.75) is 0 Å². The summed E-state index contributed by atoms with van der Waals surface area (Å²) in [5.41, 5.74) is 12.6. The van der Waals surface area contributed by atoms with Gasteiger partial charge in [-0.3, -0.25) is 4.57 Å². The number of hydrogen-bond donors (Lipinski definition) is 0. The third kappa shape index (κ3) is 4.63. The van der Waals surface area contributed by atoms with Crippen LogP contribution in [0.3, 0.4) is 0 Å². The van der Waals surface area contributed by atoms with Gasteiger partial charge in [-0.15, -0.1) is 0 Å². The van der Waals surface area contributed by atoms with E-state index in [1.807, 2.05) is 54.7 Å². The van der Waals surface area contributed by atoms with Crippen LogP contribution in [0.2, 0.25) is 0 Å². The largest absolute Gasteiger partial charge is 0.309 e. The van der Waals surface area contributed by atoms with E-state index in [9.17, 15) is 5.26 Å². The van der Waals surface area contributed by atoms with Gasteiger partial charge in [0.2, 0.25) is 0 Å². The van der Waals surface area contributed by atoms with Gasteiger partial charge in [0.1, 0.15) is 5.65 Å². The molecule has 0 saturated heterocycles. The van der Waals surface area contributed by atoms with Crippen LogP contribution < -0.4 is 0 Å². The zero-order valence-electron chi connectivity index (χ0n) is 28.0. The van der Waals surface area contributed by atoms with Crippen molar-refractivity contribution >= 4 is 43.7 Å². The summed E-state index contributed by atoms with van der Waals surface area (Å²) in [6.45, 7) is 0. The van der Waals surface area contributed by atoms with Crippen LogP contribution >= 0.6 is 0 Å². The fourth-order valence-corrected chi connectivity index (χ4v) is 7.69. The second kappa shape index (κ2) is 11.9. The van der Waals surface area contributed by atoms with Crippen molar-refractivity contribution in [2.75, 3.05) is 0 Å². The summed E-state index contributed by atoms with van der Waals surface area (Å²) >= 11 is 0. The lowest BCUT2D eigenvalue weighted by Gasteiger charge is -2.13. The molecular formula is C47H29N5. The van der Waals surface area contributed by atoms with Crippen LogP contribution in [0.15, 0.2) is 176 Å². The van der Waals surface area contributed by atoms with Gasteiger partial charge in [-0.1, -0.05) is 103 Å². The quantitative estimate of drug-likeness (QED) is 0.184. The monoisotopic (exact) mass is 663 g/mol. The van der Waals surface area contributed by atoms with E-state index in [0.717, 1.165) is 78.0 Å². The summed E-state index contributed by atoms with van der Waals surface area (Å²) in [5, 5.41) is 14.6. The number of fused-ring (bicyclic) bond motifs is 7. The lowest BCUT2D eigenvalue weighted by molar-refractivity contribution is 1.14. The fraction of sp³-hybridized carbons (Fsp3) is 0. The summed E-state index contributed by atoms with van der Waals surface area (Å²) < 4.78 is 4.66. The summed E-state index contributed by atoms with van der Waals surface area (Å²) in [6.07, 6.45) is 1.87. The Kier molecular flexibility index (Phi) is 6.80. The van der Waals surface area contributed by atoms with Gasteiger partial charge in [0, 0.05) is 50.2 Å². The fourth-order valence-electron chi connectivity index (χ4n) is 7.69. The second-order valence-corrected chi connectivity index (χ2v) is 13.0. The minimum atomic E-state index is 0.598. The minimum Gasteiger partial charge on any atom is -0.309 e. The lowest BCUT2D eigenvalue weighted by atomic mass is 9.98. The van der Waals surface area contributed by atoms with Crippen LogP contribution in [0, 0.1) is 11.3 Å². The first-order valence-corrected chi connectivity index (χ1v) is 17.3. The number of aromatic nitrogens is 4. The van der Waals surface area contributed by atoms with Crippen LogP contribution in [0.5, 0.6) is 0 Å². The second-order valence-electron chi connectivity index (χ2n) is 13.0. The number of benzene rings is 6. The third-order valence-electron chi connectivity index (χ3n) is 10.0. The molecule has 242 valence electrons. The highest BCUT2D eigenvalue weighted by atomic mass is 15.1. The third-order valence-corrected chi connectivity index (χ3v) is 10.0. The molecule has 0 fully saturated rings. The molecule has 5 heteroatoms. The lowest BCUT2D eigenvalue weighted by Crippen LogP contribution is -1.97. The maximum Gasteiger partial charge on any atom is 0.145 e. The molecule has 10 rings (SSSR count). The van der Waals surface area contributed by atoms with Crippen molar-refractivity contribution in [3.63, 3.8) is 0 Å². The summed E-state index contributed by atoms with van der Waals surface area (Å²) in [7, 11) is 0. The predicted molar refractivity (Wildman–Crippen MR) is 212 cm³/mol. The maximum absolute atomic E-state index is 9.92. The minimum absolute atomic E-state index is 0.598. The standard InChI is InChI=1S/C47H29N5/c48-30-33-14-7-8-17-37(33)42-29-34(31-12-3-1-4-13-31)28-41(50-42)32-21-23-36(24-22-32)52-46-38(39-19-11-27-49-47(39)52)25-26-44-45(46)40-18-9-10-20-43(40)51(44)35-15-5-2-6-16-35/h1-29H. The maximum atomic E-state index is 9.92. The number of nitriles is 1. The van der Waals surface area contributed by atoms with E-state index < -0.39 is 0 Å². The zero-order chi connectivity index (χ0) is 34.6. The first kappa shape index (κ1) is 29.6. The van der Waals surface area contributed by atoms with Crippen molar-refractivity contribution in [3.05, 3.63) is 182 Å². The van der Waals surface area contributed by atoms with Crippen LogP contribution in [-0.2, 0) is 0 Å². The average Bonchev–Trinajstić information content (AvgIpc) is 3.74. The van der Waals surface area contributed by atoms with E-state index >= 15 is 0 Å². The van der Waals surface area contributed by atoms with Crippen molar-refractivity contribution in [1.29, 1.82) is 5.26 Å². The predicted octanol–water partition coefficient (Wildman–Crippen LogP) is 11.5. The molecule has 4 aromatic heterocycles. The molecule has 52 heavy (non-hydrogen) atoms. The summed E-state index contributed by atoms with van der Waals surface area (Å²) in [6, 6.07) is 61.0. The Morgan fingerprint density at radius 2 is 1.17 bits per heavy atom. The molecule has 6 aromatic carbocycles. The van der Waals surface area contributed by atoms with Crippen molar-refractivity contribution in [2.24, 2.45) is 0 Å². The van der Waals surface area contributed by atoms with Gasteiger partial charge in [0.05, 0.1) is 39.6 Å². The van der Waals surface area contributed by atoms with Crippen molar-refractivity contribution in [1.82, 2.24) is 19.1 Å². The Balaban J connectivity index is 1.19. The molecular weight excluding hydrogens is 635 g/mol. The first-order chi connectivity index (χ1) is 25.8. The topological polar surface area (TPSA) is 59.4 Å². The van der Waals surface area contributed by atoms with E-state index in [-0.39, 0.29) is 0 Å². The zero-order valence-corrected chi connectivity index (χ0v) is 28.0. The number of nitrogens with zero attached hydrogens (tertiary/aromatic N) is 5. The van der Waals surface area contributed by atoms with Gasteiger partial charge in [0.25, 0.3) is 0 Å². The van der Waals surface area contributed by atoms with E-state index in [0.29, 0.717) is 5.56 Å². The highest BCUT2D eigenvalue weighted by molar-refractivity contribution is 6.25. The molecule has 5 nitrogen and oxygen atoms in total.